The van der Waals surface area contributed by atoms with Gasteiger partial charge >= 0.3 is 0 Å². The first-order valence-electron chi connectivity index (χ1n) is 10.7. The molecule has 0 radical (unpaired) electrons. The Morgan fingerprint density at radius 3 is 2.58 bits per heavy atom. The van der Waals surface area contributed by atoms with Gasteiger partial charge in [-0.1, -0.05) is 17.7 Å². The van der Waals surface area contributed by atoms with Crippen molar-refractivity contribution < 1.29 is 27.7 Å². The molecule has 0 saturated carbocycles. The Labute approximate surface area is 193 Å². The van der Waals surface area contributed by atoms with Crippen LogP contribution in [0.25, 0.3) is 11.2 Å². The first-order chi connectivity index (χ1) is 15.9. The van der Waals surface area contributed by atoms with E-state index in [9.17, 15) is 8.78 Å². The first-order valence-corrected chi connectivity index (χ1v) is 11.0. The summed E-state index contributed by atoms with van der Waals surface area (Å²) in [5.74, 6) is -1.05. The van der Waals surface area contributed by atoms with Crippen LogP contribution in [0, 0.1) is 11.6 Å². The molecule has 2 fully saturated rings. The minimum Gasteiger partial charge on any atom is -0.456 e. The predicted molar refractivity (Wildman–Crippen MR) is 116 cm³/mol. The fourth-order valence-electron chi connectivity index (χ4n) is 4.09. The number of benzene rings is 1. The smallest absolute Gasteiger partial charge is 0.296 e. The topological polar surface area (TPSA) is 90.5 Å². The molecule has 1 aromatic carbocycles. The van der Waals surface area contributed by atoms with Gasteiger partial charge in [-0.25, -0.2) is 13.8 Å². The van der Waals surface area contributed by atoms with Crippen molar-refractivity contribution in [3.8, 4) is 6.01 Å². The fraction of sp³-hybridized carbons (Fsp3) is 0.455. The van der Waals surface area contributed by atoms with Crippen molar-refractivity contribution in [1.82, 2.24) is 15.0 Å². The fourth-order valence-corrected chi connectivity index (χ4v) is 4.31. The van der Waals surface area contributed by atoms with Crippen LogP contribution in [0.15, 0.2) is 24.3 Å². The molecule has 2 aliphatic rings. The number of halogens is 3. The largest absolute Gasteiger partial charge is 0.456 e. The average Bonchev–Trinajstić information content (AvgIpc) is 3.44. The van der Waals surface area contributed by atoms with Gasteiger partial charge in [0.1, 0.15) is 35.8 Å². The minimum absolute atomic E-state index is 0.0739. The van der Waals surface area contributed by atoms with Crippen LogP contribution in [0.2, 0.25) is 5.02 Å². The molecule has 1 unspecified atom stereocenters. The highest BCUT2D eigenvalue weighted by atomic mass is 35.5. The number of aromatic amines is 1. The van der Waals surface area contributed by atoms with Gasteiger partial charge in [-0.2, -0.15) is 4.98 Å². The van der Waals surface area contributed by atoms with Crippen LogP contribution in [0.3, 0.4) is 0 Å². The Balaban J connectivity index is 1.28. The Kier molecular flexibility index (Phi) is 6.09. The van der Waals surface area contributed by atoms with Crippen molar-refractivity contribution in [3.63, 3.8) is 0 Å². The van der Waals surface area contributed by atoms with Gasteiger partial charge < -0.3 is 29.2 Å². The molecule has 11 heteroatoms. The molecule has 5 rings (SSSR count). The average molecular weight is 481 g/mol. The van der Waals surface area contributed by atoms with E-state index in [4.69, 9.17) is 30.5 Å². The lowest BCUT2D eigenvalue weighted by atomic mass is 10.1. The lowest BCUT2D eigenvalue weighted by Gasteiger charge is -2.19. The van der Waals surface area contributed by atoms with Crippen molar-refractivity contribution in [2.24, 2.45) is 0 Å². The number of imidazole rings is 1. The van der Waals surface area contributed by atoms with E-state index < -0.39 is 11.6 Å². The Morgan fingerprint density at radius 1 is 1.15 bits per heavy atom. The number of pyridine rings is 1. The van der Waals surface area contributed by atoms with Crippen LogP contribution in [-0.2, 0) is 20.8 Å². The third-order valence-electron chi connectivity index (χ3n) is 5.57. The zero-order valence-electron chi connectivity index (χ0n) is 18.0. The van der Waals surface area contributed by atoms with Gasteiger partial charge in [-0.3, -0.25) is 0 Å². The zero-order chi connectivity index (χ0) is 23.1. The second kappa shape index (κ2) is 9.02. The van der Waals surface area contributed by atoms with Crippen LogP contribution in [0.4, 0.5) is 14.6 Å². The van der Waals surface area contributed by atoms with E-state index in [1.54, 1.807) is 6.07 Å². The molecule has 0 amide bonds. The number of ether oxygens (including phenoxy) is 4. The summed E-state index contributed by atoms with van der Waals surface area (Å²) in [5, 5.41) is 3.13. The summed E-state index contributed by atoms with van der Waals surface area (Å²) in [6, 6.07) is 5.56. The van der Waals surface area contributed by atoms with Gasteiger partial charge in [0.15, 0.2) is 11.8 Å². The maximum atomic E-state index is 13.9. The molecule has 2 aliphatic heterocycles. The molecule has 0 aliphatic carbocycles. The second-order valence-corrected chi connectivity index (χ2v) is 8.67. The minimum atomic E-state index is -0.651. The molecule has 0 bridgehead atoms. The standard InChI is InChI=1S/C22H23ClF2N4O4/c1-10(2)32-16-8-30-19-17(9-31-18(16)19)33-22-27-15-6-12(23)20(28-21(15)29-22)26-7-11-13(24)4-3-5-14(11)25/h3-6,10,16-19H,7-9H2,1-2H3,(H2,26,27,28,29)/t16-,17-,18-,19?/m1/s1. The van der Waals surface area contributed by atoms with Crippen molar-refractivity contribution in [2.75, 3.05) is 18.5 Å². The third kappa shape index (κ3) is 4.48. The van der Waals surface area contributed by atoms with Gasteiger partial charge in [0.2, 0.25) is 0 Å². The molecule has 0 spiro atoms. The number of rotatable bonds is 7. The van der Waals surface area contributed by atoms with Gasteiger partial charge in [0.25, 0.3) is 6.01 Å². The highest BCUT2D eigenvalue weighted by molar-refractivity contribution is 6.33. The normalized spacial score (nSPS) is 24.5. The van der Waals surface area contributed by atoms with E-state index in [1.807, 2.05) is 13.8 Å². The van der Waals surface area contributed by atoms with Crippen LogP contribution < -0.4 is 10.1 Å². The molecular weight excluding hydrogens is 458 g/mol. The second-order valence-electron chi connectivity index (χ2n) is 8.26. The molecule has 33 heavy (non-hydrogen) atoms. The van der Waals surface area contributed by atoms with Crippen molar-refractivity contribution in [1.29, 1.82) is 0 Å². The third-order valence-corrected chi connectivity index (χ3v) is 5.86. The summed E-state index contributed by atoms with van der Waals surface area (Å²) in [5.41, 5.74) is 0.796. The Hall–Kier alpha value is -2.53. The SMILES string of the molecule is CC(C)O[C@@H]1COC2[C@H](Oc3nc4nc(NCc5c(F)cccc5F)c(Cl)cc4[nH]3)CO[C@@H]21. The highest BCUT2D eigenvalue weighted by Crippen LogP contribution is 2.32. The number of anilines is 1. The maximum Gasteiger partial charge on any atom is 0.296 e. The quantitative estimate of drug-likeness (QED) is 0.531. The monoisotopic (exact) mass is 480 g/mol. The van der Waals surface area contributed by atoms with Crippen LogP contribution >= 0.6 is 11.6 Å². The molecule has 176 valence electrons. The molecule has 4 atom stereocenters. The van der Waals surface area contributed by atoms with E-state index >= 15 is 0 Å². The number of aromatic nitrogens is 3. The van der Waals surface area contributed by atoms with E-state index in [-0.39, 0.29) is 59.5 Å². The van der Waals surface area contributed by atoms with E-state index in [1.165, 1.54) is 18.2 Å². The lowest BCUT2D eigenvalue weighted by molar-refractivity contribution is -0.0600. The summed E-state index contributed by atoms with van der Waals surface area (Å²) in [4.78, 5) is 11.8. The van der Waals surface area contributed by atoms with Gasteiger partial charge in [0.05, 0.1) is 29.9 Å². The Morgan fingerprint density at radius 2 is 1.85 bits per heavy atom. The van der Waals surface area contributed by atoms with Crippen molar-refractivity contribution in [2.45, 2.75) is 50.9 Å². The lowest BCUT2D eigenvalue weighted by Crippen LogP contribution is -2.36. The first kappa shape index (κ1) is 22.3. The maximum absolute atomic E-state index is 13.9. The molecule has 2 aromatic heterocycles. The van der Waals surface area contributed by atoms with E-state index in [0.29, 0.717) is 24.4 Å². The number of hydrogen-bond donors (Lipinski definition) is 2. The van der Waals surface area contributed by atoms with E-state index in [0.717, 1.165) is 0 Å². The molecular formula is C22H23ClF2N4O4. The summed E-state index contributed by atoms with van der Waals surface area (Å²) in [7, 11) is 0. The van der Waals surface area contributed by atoms with Gasteiger partial charge in [0, 0.05) is 12.1 Å². The number of hydrogen-bond acceptors (Lipinski definition) is 7. The van der Waals surface area contributed by atoms with Crippen LogP contribution in [0.1, 0.15) is 19.4 Å². The summed E-state index contributed by atoms with van der Waals surface area (Å²) in [6.45, 7) is 4.61. The summed E-state index contributed by atoms with van der Waals surface area (Å²) < 4.78 is 51.3. The van der Waals surface area contributed by atoms with Crippen molar-refractivity contribution >= 4 is 28.6 Å². The molecule has 2 saturated heterocycles. The molecule has 3 aromatic rings. The zero-order valence-corrected chi connectivity index (χ0v) is 18.7. The Bertz CT molecular complexity index is 1140. The number of nitrogens with zero attached hydrogens (tertiary/aromatic N) is 2. The summed E-state index contributed by atoms with van der Waals surface area (Å²) >= 11 is 6.30. The summed E-state index contributed by atoms with van der Waals surface area (Å²) in [6.07, 6.45) is -0.860. The highest BCUT2D eigenvalue weighted by Gasteiger charge is 2.50. The van der Waals surface area contributed by atoms with Crippen LogP contribution in [-0.4, -0.2) is 58.7 Å². The van der Waals surface area contributed by atoms with E-state index in [2.05, 4.69) is 20.3 Å². The number of fused-ring (bicyclic) bond motifs is 2. The molecule has 4 heterocycles. The van der Waals surface area contributed by atoms with Gasteiger partial charge in [-0.15, -0.1) is 0 Å². The van der Waals surface area contributed by atoms with Crippen LogP contribution in [0.5, 0.6) is 6.01 Å². The molecule has 2 N–H and O–H groups in total. The molecule has 8 nitrogen and oxygen atoms in total. The van der Waals surface area contributed by atoms with Gasteiger partial charge in [-0.05, 0) is 32.0 Å². The van der Waals surface area contributed by atoms with Crippen molar-refractivity contribution in [3.05, 3.63) is 46.5 Å². The number of H-pyrrole nitrogens is 1. The predicted octanol–water partition coefficient (Wildman–Crippen LogP) is 3.84. The number of nitrogens with one attached hydrogen (secondary N) is 2.